The maximum absolute atomic E-state index is 13.0. The van der Waals surface area contributed by atoms with Gasteiger partial charge in [0, 0.05) is 91.9 Å². The fourth-order valence-corrected chi connectivity index (χ4v) is 14.5. The molecule has 1 saturated heterocycles. The Balaban J connectivity index is 1.29. The van der Waals surface area contributed by atoms with Crippen LogP contribution < -0.4 is 4.90 Å². The molecule has 32 heteroatoms. The first kappa shape index (κ1) is 71.2. The summed E-state index contributed by atoms with van der Waals surface area (Å²) in [5.74, 6) is -2.73. The monoisotopic (exact) mass is 1350 g/mol. The standard InChI is InChI=1S/C58H71N3O24S5/c1-57(23-13-35-86(65,66)67)50(60(26-28-80-3)47-39-49(90(77,78)79)42-18-17-40(87(68,69)70)36-44(42)56(47)57)14-9-6-5-7-10-15-51-58(2,24-27-82-31-32-84-34-33-83-30-29-81-4)55-45-37-41(88(71,72)73)38-48(89(74,75)76)43(45)19-20-46(55)59(51)25-12-8-11-16-54(64)85-61-52(62)21-22-53(61)63/h5-7,9-10,14-15,17-20,36-39H,8,11-13,16,21-35H2,1-4H3,(H4-,65,66,67,68,69,70,71,72,73,74,75,76,77,78,79)/p+1. The number of imide groups is 1. The largest absolute Gasteiger partial charge is 0.382 e. The van der Waals surface area contributed by atoms with E-state index in [-0.39, 0.29) is 118 Å². The molecule has 2 amide bonds. The minimum absolute atomic E-state index is 0.00552. The predicted molar refractivity (Wildman–Crippen MR) is 327 cm³/mol. The van der Waals surface area contributed by atoms with Crippen molar-refractivity contribution in [3.05, 3.63) is 108 Å². The van der Waals surface area contributed by atoms with E-state index in [9.17, 15) is 79.2 Å². The fourth-order valence-electron chi connectivity index (χ4n) is 11.5. The van der Waals surface area contributed by atoms with E-state index in [1.165, 1.54) is 19.2 Å². The number of fused-ring (bicyclic) bond motifs is 6. The summed E-state index contributed by atoms with van der Waals surface area (Å²) in [6, 6.07) is 9.15. The predicted octanol–water partition coefficient (Wildman–Crippen LogP) is 6.23. The minimum atomic E-state index is -5.13. The third-order valence-electron chi connectivity index (χ3n) is 15.6. The zero-order valence-corrected chi connectivity index (χ0v) is 53.8. The van der Waals surface area contributed by atoms with E-state index in [4.69, 9.17) is 28.5 Å². The van der Waals surface area contributed by atoms with E-state index in [0.29, 0.717) is 72.0 Å². The van der Waals surface area contributed by atoms with E-state index in [2.05, 4.69) is 0 Å². The molecule has 2 atom stereocenters. The van der Waals surface area contributed by atoms with Gasteiger partial charge in [-0.15, -0.1) is 5.06 Å². The second-order valence-corrected chi connectivity index (χ2v) is 28.9. The van der Waals surface area contributed by atoms with Gasteiger partial charge in [0.2, 0.25) is 5.69 Å². The van der Waals surface area contributed by atoms with E-state index < -0.39 is 105 Å². The Hall–Kier alpha value is -6.21. The van der Waals surface area contributed by atoms with Crippen LogP contribution in [0, 0.1) is 0 Å². The number of benzene rings is 4. The quantitative estimate of drug-likeness (QED) is 0.0114. The van der Waals surface area contributed by atoms with Crippen LogP contribution in [0.25, 0.3) is 21.5 Å². The molecule has 0 aromatic heterocycles. The molecule has 0 saturated carbocycles. The van der Waals surface area contributed by atoms with E-state index in [1.54, 1.807) is 67.2 Å². The first-order valence-corrected chi connectivity index (χ1v) is 35.6. The van der Waals surface area contributed by atoms with Gasteiger partial charge in [-0.05, 0) is 98.7 Å². The molecule has 0 bridgehead atoms. The minimum Gasteiger partial charge on any atom is -0.382 e. The van der Waals surface area contributed by atoms with Crippen molar-refractivity contribution >= 4 is 107 Å². The van der Waals surface area contributed by atoms with Gasteiger partial charge in [-0.2, -0.15) is 46.7 Å². The second kappa shape index (κ2) is 29.6. The van der Waals surface area contributed by atoms with Crippen LogP contribution in [0.15, 0.2) is 116 Å². The molecule has 7 rings (SSSR count). The van der Waals surface area contributed by atoms with Crippen molar-refractivity contribution < 1.29 is 112 Å². The maximum Gasteiger partial charge on any atom is 0.333 e. The number of rotatable bonds is 34. The van der Waals surface area contributed by atoms with Gasteiger partial charge in [0.15, 0.2) is 12.3 Å². The summed E-state index contributed by atoms with van der Waals surface area (Å²) in [5, 5.41) is 0.344. The molecule has 90 heavy (non-hydrogen) atoms. The lowest BCUT2D eigenvalue weighted by atomic mass is 9.74. The van der Waals surface area contributed by atoms with Crippen molar-refractivity contribution in [2.75, 3.05) is 90.8 Å². The van der Waals surface area contributed by atoms with Crippen molar-refractivity contribution in [2.45, 2.75) is 102 Å². The van der Waals surface area contributed by atoms with Gasteiger partial charge in [-0.1, -0.05) is 48.9 Å². The van der Waals surface area contributed by atoms with Gasteiger partial charge < -0.3 is 33.4 Å². The van der Waals surface area contributed by atoms with Crippen LogP contribution in [-0.4, -0.2) is 184 Å². The van der Waals surface area contributed by atoms with Crippen molar-refractivity contribution in [1.29, 1.82) is 0 Å². The van der Waals surface area contributed by atoms with Gasteiger partial charge in [0.05, 0.1) is 60.6 Å². The highest BCUT2D eigenvalue weighted by atomic mass is 32.2. The zero-order chi connectivity index (χ0) is 66.0. The van der Waals surface area contributed by atoms with E-state index in [0.717, 1.165) is 24.3 Å². The molecule has 2 unspecified atom stereocenters. The summed E-state index contributed by atoms with van der Waals surface area (Å²) >= 11 is 0. The molecule has 27 nitrogen and oxygen atoms in total. The molecule has 4 aromatic carbocycles. The summed E-state index contributed by atoms with van der Waals surface area (Å²) in [7, 11) is -21.6. The normalized spacial score (nSPS) is 19.0. The Morgan fingerprint density at radius 1 is 0.578 bits per heavy atom. The lowest BCUT2D eigenvalue weighted by molar-refractivity contribution is -0.441. The van der Waals surface area contributed by atoms with Crippen LogP contribution in [0.1, 0.15) is 82.8 Å². The number of allylic oxidation sites excluding steroid dienone is 8. The smallest absolute Gasteiger partial charge is 0.333 e. The molecule has 492 valence electrons. The number of hydrogen-bond donors (Lipinski definition) is 5. The summed E-state index contributed by atoms with van der Waals surface area (Å²) in [4.78, 5) is 41.1. The number of ether oxygens (including phenoxy) is 5. The van der Waals surface area contributed by atoms with Crippen LogP contribution in [0.2, 0.25) is 0 Å². The van der Waals surface area contributed by atoms with Crippen LogP contribution in [0.3, 0.4) is 0 Å². The Bertz CT molecular complexity index is 4150. The Labute approximate surface area is 522 Å². The average molecular weight is 1360 g/mol. The highest BCUT2D eigenvalue weighted by Gasteiger charge is 2.50. The number of anilines is 1. The number of nitrogens with zero attached hydrogens (tertiary/aromatic N) is 3. The zero-order valence-electron chi connectivity index (χ0n) is 49.7. The summed E-state index contributed by atoms with van der Waals surface area (Å²) in [6.07, 6.45) is 12.4. The number of unbranched alkanes of at least 4 members (excludes halogenated alkanes) is 2. The topological polar surface area (TPSA) is 388 Å². The SMILES string of the molecule is COCCOCCOCCOCCC1(C)\C(=C/C=C/C=C/C=C/C2=[N+](CCOC)c3cc(S(=O)(=O)O)c4ccc(S(=O)(=O)O)cc4c3C2(C)CCCS(=O)(=O)O)N(CCCCCC(=O)ON2C(=O)CCC2=O)c2ccc3c(S(=O)(=O)O)cc(S(=O)(=O)O)cc3c21. The number of hydroxylamine groups is 2. The first-order valence-electron chi connectivity index (χ1n) is 28.3. The van der Waals surface area contributed by atoms with Crippen LogP contribution >= 0.6 is 0 Å². The molecule has 0 aliphatic carbocycles. The summed E-state index contributed by atoms with van der Waals surface area (Å²) in [6.45, 7) is 5.61. The molecular weight excluding hydrogens is 1280 g/mol. The lowest BCUT2D eigenvalue weighted by Gasteiger charge is -2.31. The van der Waals surface area contributed by atoms with Gasteiger partial charge in [-0.25, -0.2) is 4.79 Å². The Morgan fingerprint density at radius 2 is 1.13 bits per heavy atom. The Kier molecular flexibility index (Phi) is 23.4. The van der Waals surface area contributed by atoms with E-state index in [1.807, 2.05) is 11.8 Å². The molecule has 3 aliphatic heterocycles. The number of hydrogen-bond acceptors (Lipinski definition) is 20. The van der Waals surface area contributed by atoms with Gasteiger partial charge in [0.1, 0.15) is 16.4 Å². The van der Waals surface area contributed by atoms with Crippen molar-refractivity contribution in [3.8, 4) is 0 Å². The summed E-state index contributed by atoms with van der Waals surface area (Å²) in [5.41, 5.74) is -0.0900. The third-order valence-corrected chi connectivity index (χ3v) is 19.9. The van der Waals surface area contributed by atoms with Crippen molar-refractivity contribution in [3.63, 3.8) is 0 Å². The van der Waals surface area contributed by atoms with Gasteiger partial charge in [0.25, 0.3) is 62.4 Å². The van der Waals surface area contributed by atoms with Crippen molar-refractivity contribution in [1.82, 2.24) is 5.06 Å². The molecule has 3 heterocycles. The maximum atomic E-state index is 13.0. The number of carbonyl (C=O) groups excluding carboxylic acids is 3. The molecule has 4 aromatic rings. The first-order chi connectivity index (χ1) is 42.3. The molecule has 5 N–H and O–H groups in total. The highest BCUT2D eigenvalue weighted by molar-refractivity contribution is 7.87. The van der Waals surface area contributed by atoms with Crippen LogP contribution in [0.4, 0.5) is 11.4 Å². The van der Waals surface area contributed by atoms with Crippen LogP contribution in [0.5, 0.6) is 0 Å². The van der Waals surface area contributed by atoms with E-state index >= 15 is 0 Å². The number of methoxy groups -OCH3 is 2. The number of amides is 2. The lowest BCUT2D eigenvalue weighted by Crippen LogP contribution is -2.32. The van der Waals surface area contributed by atoms with Gasteiger partial charge >= 0.3 is 5.97 Å². The summed E-state index contributed by atoms with van der Waals surface area (Å²) < 4.78 is 207. The average Bonchev–Trinajstić information content (AvgIpc) is 1.52. The molecule has 3 aliphatic rings. The number of carbonyl (C=O) groups is 3. The fraction of sp³-hybridized carbons (Fsp3) is 0.448. The highest BCUT2D eigenvalue weighted by Crippen LogP contribution is 2.54. The van der Waals surface area contributed by atoms with Crippen molar-refractivity contribution in [2.24, 2.45) is 0 Å². The molecule has 1 fully saturated rings. The molecular formula is C58H72N3O24S5+. The molecule has 0 spiro atoms. The third kappa shape index (κ3) is 17.1. The van der Waals surface area contributed by atoms with Gasteiger partial charge in [-0.3, -0.25) is 32.4 Å². The Morgan fingerprint density at radius 3 is 1.73 bits per heavy atom. The second-order valence-electron chi connectivity index (χ2n) is 21.7. The molecule has 0 radical (unpaired) electrons. The van der Waals surface area contributed by atoms with Crippen LogP contribution in [-0.2, 0) is 104 Å².